The Morgan fingerprint density at radius 1 is 1.22 bits per heavy atom. The topological polar surface area (TPSA) is 62.8 Å². The zero-order valence-electron chi connectivity index (χ0n) is 15.0. The van der Waals surface area contributed by atoms with Crippen LogP contribution in [0.3, 0.4) is 0 Å². The molecule has 1 unspecified atom stereocenters. The number of aryl methyl sites for hydroxylation is 2. The van der Waals surface area contributed by atoms with Gasteiger partial charge in [-0.1, -0.05) is 12.1 Å². The number of carbonyl (C=O) groups is 1. The molecule has 5 rings (SSSR count). The van der Waals surface area contributed by atoms with E-state index in [1.807, 2.05) is 48.2 Å². The summed E-state index contributed by atoms with van der Waals surface area (Å²) in [6, 6.07) is 11.3. The van der Waals surface area contributed by atoms with Crippen LogP contribution < -0.4 is 5.32 Å². The Morgan fingerprint density at radius 2 is 2.07 bits per heavy atom. The summed E-state index contributed by atoms with van der Waals surface area (Å²) in [6.45, 7) is 4.43. The van der Waals surface area contributed by atoms with Crippen LogP contribution >= 0.6 is 11.3 Å². The van der Waals surface area contributed by atoms with E-state index in [1.54, 1.807) is 17.6 Å². The minimum atomic E-state index is -0.333. The van der Waals surface area contributed by atoms with Gasteiger partial charge in [0.1, 0.15) is 11.9 Å². The molecule has 1 aliphatic heterocycles. The highest BCUT2D eigenvalue weighted by molar-refractivity contribution is 7.15. The predicted octanol–water partition coefficient (Wildman–Crippen LogP) is 4.37. The average molecular weight is 378 g/mol. The van der Waals surface area contributed by atoms with Gasteiger partial charge in [0.15, 0.2) is 4.96 Å². The number of fused-ring (bicyclic) bond motifs is 2. The third kappa shape index (κ3) is 2.46. The Balaban J connectivity index is 1.68. The van der Waals surface area contributed by atoms with Crippen molar-refractivity contribution in [1.82, 2.24) is 14.3 Å². The highest BCUT2D eigenvalue weighted by atomic mass is 32.1. The van der Waals surface area contributed by atoms with Crippen molar-refractivity contribution in [2.45, 2.75) is 26.6 Å². The fourth-order valence-corrected chi connectivity index (χ4v) is 4.61. The number of hydrogen-bond acceptors (Lipinski definition) is 5. The second-order valence-electron chi connectivity index (χ2n) is 6.68. The van der Waals surface area contributed by atoms with Crippen LogP contribution in [-0.2, 0) is 6.54 Å². The number of nitrogens with zero attached hydrogens (tertiary/aromatic N) is 3. The molecule has 1 aliphatic rings. The van der Waals surface area contributed by atoms with Crippen molar-refractivity contribution in [3.8, 4) is 0 Å². The summed E-state index contributed by atoms with van der Waals surface area (Å²) < 4.78 is 7.66. The van der Waals surface area contributed by atoms with E-state index in [4.69, 9.17) is 9.40 Å². The lowest BCUT2D eigenvalue weighted by molar-refractivity contribution is 0.0646. The van der Waals surface area contributed by atoms with E-state index in [0.717, 1.165) is 33.5 Å². The number of anilines is 1. The van der Waals surface area contributed by atoms with E-state index in [9.17, 15) is 4.79 Å². The lowest BCUT2D eigenvalue weighted by atomic mass is 10.1. The molecule has 0 spiro atoms. The number of furan rings is 1. The fourth-order valence-electron chi connectivity index (χ4n) is 3.69. The summed E-state index contributed by atoms with van der Waals surface area (Å²) in [5.74, 6) is 0.725. The molecule has 136 valence electrons. The second kappa shape index (κ2) is 5.99. The standard InChI is InChI=1S/C20H18N4O2S/c1-12-11-27-20-21-13(2)17(24(12)20)18-22-16-8-4-3-7-15(16)19(25)23(18)10-14-6-5-9-26-14/h3-9,11,18,22H,10H2,1-2H3. The molecule has 0 bridgehead atoms. The molecule has 0 aliphatic carbocycles. The lowest BCUT2D eigenvalue weighted by Gasteiger charge is -2.37. The molecule has 7 heteroatoms. The lowest BCUT2D eigenvalue weighted by Crippen LogP contribution is -2.43. The van der Waals surface area contributed by atoms with Crippen LogP contribution in [0.25, 0.3) is 4.96 Å². The van der Waals surface area contributed by atoms with Gasteiger partial charge in [0.05, 0.1) is 29.8 Å². The number of nitrogens with one attached hydrogen (secondary N) is 1. The van der Waals surface area contributed by atoms with Gasteiger partial charge in [0, 0.05) is 16.8 Å². The minimum absolute atomic E-state index is 0.0204. The summed E-state index contributed by atoms with van der Waals surface area (Å²) in [5, 5.41) is 5.63. The molecular formula is C20H18N4O2S. The quantitative estimate of drug-likeness (QED) is 0.575. The number of hydrogen-bond donors (Lipinski definition) is 1. The van der Waals surface area contributed by atoms with Crippen LogP contribution in [0.1, 0.15) is 39.4 Å². The maximum Gasteiger partial charge on any atom is 0.258 e. The molecule has 0 saturated heterocycles. The van der Waals surface area contributed by atoms with Crippen LogP contribution in [0.5, 0.6) is 0 Å². The van der Waals surface area contributed by atoms with E-state index in [-0.39, 0.29) is 12.1 Å². The van der Waals surface area contributed by atoms with Gasteiger partial charge < -0.3 is 14.6 Å². The first-order chi connectivity index (χ1) is 13.1. The molecule has 4 aromatic rings. The highest BCUT2D eigenvalue weighted by Gasteiger charge is 2.36. The number of benzene rings is 1. The molecule has 1 atom stereocenters. The van der Waals surface area contributed by atoms with Crippen LogP contribution in [0.15, 0.2) is 52.5 Å². The van der Waals surface area contributed by atoms with Gasteiger partial charge in [-0.2, -0.15) is 0 Å². The third-order valence-corrected chi connectivity index (χ3v) is 5.88. The number of thiazole rings is 1. The minimum Gasteiger partial charge on any atom is -0.467 e. The molecule has 1 amide bonds. The van der Waals surface area contributed by atoms with E-state index in [2.05, 4.69) is 22.0 Å². The van der Waals surface area contributed by atoms with Crippen LogP contribution in [-0.4, -0.2) is 20.2 Å². The number of para-hydroxylation sites is 1. The molecule has 1 aromatic carbocycles. The number of amides is 1. The normalized spacial score (nSPS) is 16.6. The third-order valence-electron chi connectivity index (χ3n) is 4.94. The van der Waals surface area contributed by atoms with Crippen molar-refractivity contribution < 1.29 is 9.21 Å². The fraction of sp³-hybridized carbons (Fsp3) is 0.200. The maximum absolute atomic E-state index is 13.3. The van der Waals surface area contributed by atoms with Crippen molar-refractivity contribution in [2.24, 2.45) is 0 Å². The molecule has 27 heavy (non-hydrogen) atoms. The summed E-state index contributed by atoms with van der Waals surface area (Å²) in [7, 11) is 0. The van der Waals surface area contributed by atoms with Gasteiger partial charge in [-0.3, -0.25) is 9.20 Å². The largest absolute Gasteiger partial charge is 0.467 e. The zero-order valence-corrected chi connectivity index (χ0v) is 15.8. The number of imidazole rings is 1. The first-order valence-electron chi connectivity index (χ1n) is 8.75. The van der Waals surface area contributed by atoms with Crippen molar-refractivity contribution in [3.05, 3.63) is 76.4 Å². The molecule has 0 radical (unpaired) electrons. The first kappa shape index (κ1) is 16.1. The average Bonchev–Trinajstić information content (AvgIpc) is 3.37. The predicted molar refractivity (Wildman–Crippen MR) is 104 cm³/mol. The summed E-state index contributed by atoms with van der Waals surface area (Å²) >= 11 is 1.61. The van der Waals surface area contributed by atoms with Crippen molar-refractivity contribution in [3.63, 3.8) is 0 Å². The van der Waals surface area contributed by atoms with Gasteiger partial charge >= 0.3 is 0 Å². The van der Waals surface area contributed by atoms with Crippen molar-refractivity contribution in [1.29, 1.82) is 0 Å². The molecule has 6 nitrogen and oxygen atoms in total. The zero-order chi connectivity index (χ0) is 18.5. The molecular weight excluding hydrogens is 360 g/mol. The SMILES string of the molecule is Cc1nc2scc(C)n2c1C1Nc2ccccc2C(=O)N1Cc1ccco1. The van der Waals surface area contributed by atoms with Gasteiger partial charge in [-0.05, 0) is 38.1 Å². The number of carbonyl (C=O) groups excluding carboxylic acids is 1. The molecule has 0 saturated carbocycles. The molecule has 0 fully saturated rings. The van der Waals surface area contributed by atoms with E-state index < -0.39 is 0 Å². The van der Waals surface area contributed by atoms with Crippen LogP contribution in [0.4, 0.5) is 5.69 Å². The Hall–Kier alpha value is -3.06. The van der Waals surface area contributed by atoms with Gasteiger partial charge in [0.2, 0.25) is 0 Å². The Morgan fingerprint density at radius 3 is 2.89 bits per heavy atom. The summed E-state index contributed by atoms with van der Waals surface area (Å²) in [6.07, 6.45) is 1.30. The smallest absolute Gasteiger partial charge is 0.258 e. The Kier molecular flexibility index (Phi) is 3.58. The Labute approximate surface area is 160 Å². The van der Waals surface area contributed by atoms with Gasteiger partial charge in [0.25, 0.3) is 5.91 Å². The van der Waals surface area contributed by atoms with Crippen LogP contribution in [0.2, 0.25) is 0 Å². The highest BCUT2D eigenvalue weighted by Crippen LogP contribution is 2.36. The van der Waals surface area contributed by atoms with Crippen molar-refractivity contribution >= 4 is 27.9 Å². The van der Waals surface area contributed by atoms with Gasteiger partial charge in [-0.25, -0.2) is 4.98 Å². The van der Waals surface area contributed by atoms with E-state index in [1.165, 1.54) is 0 Å². The van der Waals surface area contributed by atoms with E-state index >= 15 is 0 Å². The van der Waals surface area contributed by atoms with Gasteiger partial charge in [-0.15, -0.1) is 11.3 Å². The molecule has 4 heterocycles. The van der Waals surface area contributed by atoms with E-state index in [0.29, 0.717) is 12.1 Å². The summed E-state index contributed by atoms with van der Waals surface area (Å²) in [5.41, 5.74) is 4.51. The number of aromatic nitrogens is 2. The summed E-state index contributed by atoms with van der Waals surface area (Å²) in [4.78, 5) is 20.8. The number of rotatable bonds is 3. The first-order valence-corrected chi connectivity index (χ1v) is 9.63. The Bertz CT molecular complexity index is 1140. The maximum atomic E-state index is 13.3. The van der Waals surface area contributed by atoms with Crippen molar-refractivity contribution in [2.75, 3.05) is 5.32 Å². The van der Waals surface area contributed by atoms with Crippen LogP contribution in [0, 0.1) is 13.8 Å². The molecule has 1 N–H and O–H groups in total. The molecule has 3 aromatic heterocycles. The monoisotopic (exact) mass is 378 g/mol. The second-order valence-corrected chi connectivity index (χ2v) is 7.52.